The van der Waals surface area contributed by atoms with Gasteiger partial charge in [0.15, 0.2) is 5.96 Å². The summed E-state index contributed by atoms with van der Waals surface area (Å²) in [6.45, 7) is 5.80. The molecule has 0 radical (unpaired) electrons. The molecule has 0 atom stereocenters. The highest BCUT2D eigenvalue weighted by atomic mass is 32.1. The van der Waals surface area contributed by atoms with Crippen molar-refractivity contribution in [2.75, 3.05) is 47.1 Å². The molecule has 22 heavy (non-hydrogen) atoms. The second-order valence-electron chi connectivity index (χ2n) is 4.87. The van der Waals surface area contributed by atoms with Gasteiger partial charge in [0.05, 0.1) is 18.2 Å². The van der Waals surface area contributed by atoms with E-state index in [2.05, 4.69) is 26.0 Å². The van der Waals surface area contributed by atoms with Crippen molar-refractivity contribution in [1.82, 2.24) is 15.6 Å². The molecule has 0 bridgehead atoms. The standard InChI is InChI=1S/C15H28N4O2S/c1-13-12-22-14(19-13)6-4-7-17-15(16-2)18-8-5-9-21-11-10-20-3/h12H,4-11H2,1-3H3,(H2,16,17,18). The predicted octanol–water partition coefficient (Wildman–Crippen LogP) is 1.60. The van der Waals surface area contributed by atoms with E-state index in [-0.39, 0.29) is 0 Å². The summed E-state index contributed by atoms with van der Waals surface area (Å²) in [5, 5.41) is 9.89. The lowest BCUT2D eigenvalue weighted by Gasteiger charge is -2.11. The van der Waals surface area contributed by atoms with E-state index in [9.17, 15) is 0 Å². The predicted molar refractivity (Wildman–Crippen MR) is 91.8 cm³/mol. The lowest BCUT2D eigenvalue weighted by atomic mass is 10.3. The second kappa shape index (κ2) is 12.4. The number of guanidine groups is 1. The zero-order valence-electron chi connectivity index (χ0n) is 13.9. The molecule has 0 fully saturated rings. The van der Waals surface area contributed by atoms with Gasteiger partial charge in [-0.1, -0.05) is 0 Å². The molecule has 1 aromatic heterocycles. The summed E-state index contributed by atoms with van der Waals surface area (Å²) in [5.74, 6) is 0.840. The summed E-state index contributed by atoms with van der Waals surface area (Å²) in [4.78, 5) is 8.67. The Morgan fingerprint density at radius 1 is 1.23 bits per heavy atom. The van der Waals surface area contributed by atoms with Gasteiger partial charge < -0.3 is 20.1 Å². The smallest absolute Gasteiger partial charge is 0.190 e. The van der Waals surface area contributed by atoms with Gasteiger partial charge in [0.2, 0.25) is 0 Å². The minimum atomic E-state index is 0.648. The van der Waals surface area contributed by atoms with Crippen LogP contribution in [0.4, 0.5) is 0 Å². The monoisotopic (exact) mass is 328 g/mol. The van der Waals surface area contributed by atoms with Crippen molar-refractivity contribution in [3.05, 3.63) is 16.1 Å². The van der Waals surface area contributed by atoms with E-state index >= 15 is 0 Å². The Kier molecular flexibility index (Phi) is 10.6. The number of methoxy groups -OCH3 is 1. The number of aromatic nitrogens is 1. The first-order valence-electron chi connectivity index (χ1n) is 7.68. The van der Waals surface area contributed by atoms with Crippen LogP contribution < -0.4 is 10.6 Å². The Labute approximate surface area is 137 Å². The van der Waals surface area contributed by atoms with Gasteiger partial charge in [0.1, 0.15) is 0 Å². The van der Waals surface area contributed by atoms with Gasteiger partial charge in [0, 0.05) is 51.3 Å². The number of rotatable bonds is 11. The summed E-state index contributed by atoms with van der Waals surface area (Å²) in [6.07, 6.45) is 3.01. The van der Waals surface area contributed by atoms with Crippen molar-refractivity contribution < 1.29 is 9.47 Å². The van der Waals surface area contributed by atoms with Gasteiger partial charge in [0.25, 0.3) is 0 Å². The first kappa shape index (κ1) is 18.9. The normalized spacial score (nSPS) is 11.7. The third kappa shape index (κ3) is 8.96. The van der Waals surface area contributed by atoms with Gasteiger partial charge >= 0.3 is 0 Å². The molecule has 0 aromatic carbocycles. The number of ether oxygens (including phenoxy) is 2. The molecule has 0 aliphatic carbocycles. The zero-order valence-corrected chi connectivity index (χ0v) is 14.7. The van der Waals surface area contributed by atoms with Crippen LogP contribution in [-0.2, 0) is 15.9 Å². The van der Waals surface area contributed by atoms with Crippen molar-refractivity contribution in [2.24, 2.45) is 4.99 Å². The topological polar surface area (TPSA) is 67.8 Å². The van der Waals surface area contributed by atoms with Gasteiger partial charge in [-0.25, -0.2) is 4.98 Å². The van der Waals surface area contributed by atoms with Crippen molar-refractivity contribution in [2.45, 2.75) is 26.2 Å². The van der Waals surface area contributed by atoms with Crippen LogP contribution in [0.1, 0.15) is 23.5 Å². The summed E-state index contributed by atoms with van der Waals surface area (Å²) in [5.41, 5.74) is 1.11. The minimum absolute atomic E-state index is 0.648. The molecule has 0 spiro atoms. The fraction of sp³-hybridized carbons (Fsp3) is 0.733. The largest absolute Gasteiger partial charge is 0.382 e. The van der Waals surface area contributed by atoms with Crippen LogP contribution in [0.25, 0.3) is 0 Å². The van der Waals surface area contributed by atoms with E-state index in [0.29, 0.717) is 13.2 Å². The van der Waals surface area contributed by atoms with Crippen LogP contribution in [0, 0.1) is 6.92 Å². The lowest BCUT2D eigenvalue weighted by molar-refractivity contribution is 0.0698. The first-order chi connectivity index (χ1) is 10.8. The number of hydrogen-bond acceptors (Lipinski definition) is 5. The van der Waals surface area contributed by atoms with E-state index in [1.165, 1.54) is 5.01 Å². The zero-order chi connectivity index (χ0) is 16.0. The highest BCUT2D eigenvalue weighted by Crippen LogP contribution is 2.10. The number of thiazole rings is 1. The van der Waals surface area contributed by atoms with Gasteiger partial charge in [-0.2, -0.15) is 0 Å². The average Bonchev–Trinajstić information content (AvgIpc) is 2.94. The van der Waals surface area contributed by atoms with Crippen molar-refractivity contribution >= 4 is 17.3 Å². The molecule has 0 amide bonds. The Morgan fingerprint density at radius 3 is 2.64 bits per heavy atom. The summed E-state index contributed by atoms with van der Waals surface area (Å²) in [7, 11) is 3.46. The number of nitrogens with one attached hydrogen (secondary N) is 2. The average molecular weight is 328 g/mol. The van der Waals surface area contributed by atoms with Crippen molar-refractivity contribution in [3.8, 4) is 0 Å². The molecule has 2 N–H and O–H groups in total. The highest BCUT2D eigenvalue weighted by molar-refractivity contribution is 7.09. The maximum absolute atomic E-state index is 5.41. The molecular weight excluding hydrogens is 300 g/mol. The van der Waals surface area contributed by atoms with E-state index in [4.69, 9.17) is 9.47 Å². The van der Waals surface area contributed by atoms with Gasteiger partial charge in [-0.05, 0) is 19.8 Å². The van der Waals surface area contributed by atoms with Crippen LogP contribution >= 0.6 is 11.3 Å². The van der Waals surface area contributed by atoms with E-state index in [0.717, 1.165) is 50.6 Å². The Balaban J connectivity index is 2.00. The summed E-state index contributed by atoms with van der Waals surface area (Å²) in [6, 6.07) is 0. The number of hydrogen-bond donors (Lipinski definition) is 2. The summed E-state index contributed by atoms with van der Waals surface area (Å²) >= 11 is 1.73. The number of aliphatic imine (C=N–C) groups is 1. The minimum Gasteiger partial charge on any atom is -0.382 e. The highest BCUT2D eigenvalue weighted by Gasteiger charge is 2.00. The van der Waals surface area contributed by atoms with E-state index in [1.54, 1.807) is 25.5 Å². The van der Waals surface area contributed by atoms with Gasteiger partial charge in [-0.3, -0.25) is 4.99 Å². The first-order valence-corrected chi connectivity index (χ1v) is 8.56. The van der Waals surface area contributed by atoms with Crippen LogP contribution in [0.2, 0.25) is 0 Å². The SMILES string of the molecule is CN=C(NCCCOCCOC)NCCCc1nc(C)cs1. The quantitative estimate of drug-likeness (QED) is 0.367. The lowest BCUT2D eigenvalue weighted by Crippen LogP contribution is -2.38. The Bertz CT molecular complexity index is 423. The molecular formula is C15H28N4O2S. The maximum Gasteiger partial charge on any atom is 0.190 e. The molecule has 7 heteroatoms. The molecule has 0 unspecified atom stereocenters. The van der Waals surface area contributed by atoms with Crippen molar-refractivity contribution in [1.29, 1.82) is 0 Å². The van der Waals surface area contributed by atoms with Crippen LogP contribution in [0.3, 0.4) is 0 Å². The molecule has 6 nitrogen and oxygen atoms in total. The fourth-order valence-corrected chi connectivity index (χ4v) is 2.63. The van der Waals surface area contributed by atoms with Crippen LogP contribution in [-0.4, -0.2) is 58.0 Å². The molecule has 1 rings (SSSR count). The van der Waals surface area contributed by atoms with Crippen LogP contribution in [0.5, 0.6) is 0 Å². The molecule has 1 aromatic rings. The van der Waals surface area contributed by atoms with Crippen LogP contribution in [0.15, 0.2) is 10.4 Å². The Morgan fingerprint density at radius 2 is 2.00 bits per heavy atom. The molecule has 0 aliphatic heterocycles. The fourth-order valence-electron chi connectivity index (χ4n) is 1.81. The van der Waals surface area contributed by atoms with E-state index < -0.39 is 0 Å². The maximum atomic E-state index is 5.41. The number of aryl methyl sites for hydroxylation is 2. The third-order valence-corrected chi connectivity index (χ3v) is 3.97. The Hall–Kier alpha value is -1.18. The molecule has 0 saturated heterocycles. The number of nitrogens with zero attached hydrogens (tertiary/aromatic N) is 2. The molecule has 126 valence electrons. The summed E-state index contributed by atoms with van der Waals surface area (Å²) < 4.78 is 10.3. The molecule has 1 heterocycles. The van der Waals surface area contributed by atoms with Crippen molar-refractivity contribution in [3.63, 3.8) is 0 Å². The molecule has 0 saturated carbocycles. The molecule has 0 aliphatic rings. The third-order valence-electron chi connectivity index (χ3n) is 2.94. The van der Waals surface area contributed by atoms with Gasteiger partial charge in [-0.15, -0.1) is 11.3 Å². The second-order valence-corrected chi connectivity index (χ2v) is 5.81. The van der Waals surface area contributed by atoms with E-state index in [1.807, 2.05) is 6.92 Å².